The van der Waals surface area contributed by atoms with Gasteiger partial charge in [-0.25, -0.2) is 4.79 Å². The van der Waals surface area contributed by atoms with Crippen molar-refractivity contribution in [1.82, 2.24) is 14.5 Å². The van der Waals surface area contributed by atoms with Crippen molar-refractivity contribution < 1.29 is 0 Å². The zero-order valence-corrected chi connectivity index (χ0v) is 11.3. The molecule has 0 unspecified atom stereocenters. The average Bonchev–Trinajstić information content (AvgIpc) is 3.13. The summed E-state index contributed by atoms with van der Waals surface area (Å²) in [6.07, 6.45) is 3.76. The molecule has 1 aromatic heterocycles. The van der Waals surface area contributed by atoms with Crippen LogP contribution >= 0.6 is 0 Å². The van der Waals surface area contributed by atoms with Gasteiger partial charge in [-0.1, -0.05) is 6.92 Å². The molecule has 0 aliphatic heterocycles. The number of nitrogens with one attached hydrogen (secondary N) is 1. The predicted octanol–water partition coefficient (Wildman–Crippen LogP) is 0.364. The number of hydrogen-bond acceptors (Lipinski definition) is 3. The summed E-state index contributed by atoms with van der Waals surface area (Å²) >= 11 is 0. The van der Waals surface area contributed by atoms with Gasteiger partial charge in [0.25, 0.3) is 5.56 Å². The molecule has 0 bridgehead atoms. The van der Waals surface area contributed by atoms with Gasteiger partial charge in [-0.05, 0) is 24.7 Å². The largest absolute Gasteiger partial charge is 0.330 e. The van der Waals surface area contributed by atoms with E-state index in [9.17, 15) is 9.59 Å². The molecule has 0 radical (unpaired) electrons. The van der Waals surface area contributed by atoms with Gasteiger partial charge in [0.2, 0.25) is 0 Å². The molecule has 1 saturated carbocycles. The Balaban J connectivity index is 2.06. The lowest BCUT2D eigenvalue weighted by atomic mass is 10.0. The van der Waals surface area contributed by atoms with Crippen LogP contribution in [0.15, 0.2) is 15.7 Å². The highest BCUT2D eigenvalue weighted by Crippen LogP contribution is 2.47. The Kier molecular flexibility index (Phi) is 3.43. The van der Waals surface area contributed by atoms with Gasteiger partial charge in [0.1, 0.15) is 0 Å². The third kappa shape index (κ3) is 2.41. The second-order valence-corrected chi connectivity index (χ2v) is 5.33. The summed E-state index contributed by atoms with van der Waals surface area (Å²) in [5.41, 5.74) is 0.705. The van der Waals surface area contributed by atoms with Crippen LogP contribution in [0.4, 0.5) is 0 Å². The zero-order valence-electron chi connectivity index (χ0n) is 11.3. The van der Waals surface area contributed by atoms with Gasteiger partial charge in [0.15, 0.2) is 0 Å². The second kappa shape index (κ2) is 4.72. The molecule has 1 aliphatic carbocycles. The Morgan fingerprint density at radius 2 is 1.94 bits per heavy atom. The van der Waals surface area contributed by atoms with E-state index in [-0.39, 0.29) is 11.2 Å². The Bertz CT molecular complexity index is 552. The van der Waals surface area contributed by atoms with Crippen LogP contribution < -0.4 is 16.6 Å². The summed E-state index contributed by atoms with van der Waals surface area (Å²) in [5, 5.41) is 3.36. The number of aromatic nitrogens is 2. The van der Waals surface area contributed by atoms with Crippen molar-refractivity contribution in [3.63, 3.8) is 0 Å². The first kappa shape index (κ1) is 13.1. The summed E-state index contributed by atoms with van der Waals surface area (Å²) in [4.78, 5) is 23.3. The lowest BCUT2D eigenvalue weighted by molar-refractivity contribution is 0.437. The van der Waals surface area contributed by atoms with E-state index in [1.807, 2.05) is 0 Å². The van der Waals surface area contributed by atoms with Crippen molar-refractivity contribution in [2.45, 2.75) is 32.7 Å². The van der Waals surface area contributed by atoms with Crippen molar-refractivity contribution in [2.24, 2.45) is 19.5 Å². The fourth-order valence-electron chi connectivity index (χ4n) is 2.24. The lowest BCUT2D eigenvalue weighted by Crippen LogP contribution is -2.39. The number of hydrogen-bond donors (Lipinski definition) is 1. The molecular formula is C13H21N3O2. The molecule has 0 saturated heterocycles. The van der Waals surface area contributed by atoms with Crippen molar-refractivity contribution in [3.05, 3.63) is 32.6 Å². The third-order valence-corrected chi connectivity index (χ3v) is 4.14. The van der Waals surface area contributed by atoms with Gasteiger partial charge in [-0.3, -0.25) is 13.9 Å². The molecule has 100 valence electrons. The van der Waals surface area contributed by atoms with E-state index < -0.39 is 0 Å². The SMILES string of the molecule is CCC1(CNCc2cc(=O)n(C)c(=O)n2C)CC1. The van der Waals surface area contributed by atoms with Gasteiger partial charge in [-0.2, -0.15) is 0 Å². The predicted molar refractivity (Wildman–Crippen MR) is 70.6 cm³/mol. The normalized spacial score (nSPS) is 16.8. The van der Waals surface area contributed by atoms with Gasteiger partial charge >= 0.3 is 5.69 Å². The standard InChI is InChI=1S/C13H21N3O2/c1-4-13(5-6-13)9-14-8-10-7-11(17)16(3)12(18)15(10)2/h7,14H,4-6,8-9H2,1-3H3. The van der Waals surface area contributed by atoms with E-state index in [2.05, 4.69) is 12.2 Å². The minimum absolute atomic E-state index is 0.244. The molecule has 1 N–H and O–H groups in total. The molecule has 18 heavy (non-hydrogen) atoms. The molecular weight excluding hydrogens is 230 g/mol. The third-order valence-electron chi connectivity index (χ3n) is 4.14. The van der Waals surface area contributed by atoms with E-state index in [0.717, 1.165) is 16.8 Å². The Morgan fingerprint density at radius 1 is 1.28 bits per heavy atom. The second-order valence-electron chi connectivity index (χ2n) is 5.33. The molecule has 0 atom stereocenters. The molecule has 0 aromatic carbocycles. The molecule has 0 amide bonds. The van der Waals surface area contributed by atoms with E-state index in [1.165, 1.54) is 36.9 Å². The van der Waals surface area contributed by atoms with Gasteiger partial charge < -0.3 is 5.32 Å². The first-order valence-corrected chi connectivity index (χ1v) is 6.46. The Hall–Kier alpha value is -1.36. The summed E-state index contributed by atoms with van der Waals surface area (Å²) in [7, 11) is 3.20. The van der Waals surface area contributed by atoms with Crippen LogP contribution in [0.1, 0.15) is 31.9 Å². The van der Waals surface area contributed by atoms with Crippen molar-refractivity contribution >= 4 is 0 Å². The Labute approximate surface area is 106 Å². The molecule has 5 nitrogen and oxygen atoms in total. The summed E-state index contributed by atoms with van der Waals surface area (Å²) in [5.74, 6) is 0. The number of nitrogens with zero attached hydrogens (tertiary/aromatic N) is 2. The van der Waals surface area contributed by atoms with Gasteiger partial charge in [-0.15, -0.1) is 0 Å². The monoisotopic (exact) mass is 251 g/mol. The molecule has 1 heterocycles. The van der Waals surface area contributed by atoms with Crippen LogP contribution in [-0.2, 0) is 20.6 Å². The number of rotatable bonds is 5. The van der Waals surface area contributed by atoms with Crippen molar-refractivity contribution in [1.29, 1.82) is 0 Å². The highest BCUT2D eigenvalue weighted by atomic mass is 16.2. The maximum atomic E-state index is 11.7. The van der Waals surface area contributed by atoms with Crippen LogP contribution in [0, 0.1) is 5.41 Å². The first-order valence-electron chi connectivity index (χ1n) is 6.46. The molecule has 0 spiro atoms. The molecule has 5 heteroatoms. The zero-order chi connectivity index (χ0) is 13.3. The van der Waals surface area contributed by atoms with Crippen LogP contribution in [0.2, 0.25) is 0 Å². The highest BCUT2D eigenvalue weighted by Gasteiger charge is 2.39. The average molecular weight is 251 g/mol. The van der Waals surface area contributed by atoms with Crippen LogP contribution in [0.5, 0.6) is 0 Å². The first-order chi connectivity index (χ1) is 8.49. The molecule has 1 fully saturated rings. The summed E-state index contributed by atoms with van der Waals surface area (Å²) < 4.78 is 2.65. The Morgan fingerprint density at radius 3 is 2.50 bits per heavy atom. The van der Waals surface area contributed by atoms with Crippen molar-refractivity contribution in [3.8, 4) is 0 Å². The molecule has 1 aromatic rings. The van der Waals surface area contributed by atoms with Crippen LogP contribution in [0.3, 0.4) is 0 Å². The van der Waals surface area contributed by atoms with E-state index in [1.54, 1.807) is 7.05 Å². The quantitative estimate of drug-likeness (QED) is 0.822. The van der Waals surface area contributed by atoms with Crippen LogP contribution in [-0.4, -0.2) is 15.7 Å². The van der Waals surface area contributed by atoms with E-state index in [4.69, 9.17) is 0 Å². The maximum absolute atomic E-state index is 11.7. The van der Waals surface area contributed by atoms with E-state index >= 15 is 0 Å². The van der Waals surface area contributed by atoms with E-state index in [0.29, 0.717) is 12.0 Å². The lowest BCUT2D eigenvalue weighted by Gasteiger charge is -2.15. The van der Waals surface area contributed by atoms with Crippen LogP contribution in [0.25, 0.3) is 0 Å². The smallest absolute Gasteiger partial charge is 0.311 e. The fourth-order valence-corrected chi connectivity index (χ4v) is 2.24. The summed E-state index contributed by atoms with van der Waals surface area (Å²) in [6.45, 7) is 3.75. The highest BCUT2D eigenvalue weighted by molar-refractivity contribution is 5.02. The minimum atomic E-state index is -0.268. The topological polar surface area (TPSA) is 56.0 Å². The molecule has 1 aliphatic rings. The van der Waals surface area contributed by atoms with Crippen molar-refractivity contribution in [2.75, 3.05) is 6.54 Å². The molecule has 2 rings (SSSR count). The maximum Gasteiger partial charge on any atom is 0.330 e. The summed E-state index contributed by atoms with van der Waals surface area (Å²) in [6, 6.07) is 1.53. The minimum Gasteiger partial charge on any atom is -0.311 e. The van der Waals surface area contributed by atoms with Gasteiger partial charge in [0.05, 0.1) is 0 Å². The fraction of sp³-hybridized carbons (Fsp3) is 0.692. The van der Waals surface area contributed by atoms with Gasteiger partial charge in [0, 0.05) is 38.9 Å².